The van der Waals surface area contributed by atoms with Crippen molar-refractivity contribution in [1.29, 1.82) is 0 Å². The number of hydrogen-bond acceptors (Lipinski definition) is 6. The van der Waals surface area contributed by atoms with Crippen LogP contribution in [-0.4, -0.2) is 55.8 Å². The number of aryl methyl sites for hydroxylation is 1. The second-order valence-corrected chi connectivity index (χ2v) is 6.28. The van der Waals surface area contributed by atoms with Gasteiger partial charge in [-0.25, -0.2) is 15.0 Å². The van der Waals surface area contributed by atoms with Crippen molar-refractivity contribution in [2.45, 2.75) is 31.9 Å². The quantitative estimate of drug-likeness (QED) is 0.809. The molecule has 1 aliphatic heterocycles. The minimum absolute atomic E-state index is 0.142. The highest BCUT2D eigenvalue weighted by Gasteiger charge is 2.34. The number of β-amino-alcohol motifs (C(OH)–C–C–N with tert-alkyl or cyclic N) is 1. The molecule has 1 atom stereocenters. The molecule has 1 aliphatic rings. The monoisotopic (exact) mass is 330 g/mol. The number of imidazole rings is 1. The van der Waals surface area contributed by atoms with Gasteiger partial charge in [0.15, 0.2) is 0 Å². The Morgan fingerprint density at radius 2 is 2.33 bits per heavy atom. The van der Waals surface area contributed by atoms with E-state index >= 15 is 0 Å². The number of amides is 1. The fraction of sp³-hybridized carbons (Fsp3) is 0.500. The fourth-order valence-electron chi connectivity index (χ4n) is 2.93. The molecule has 0 spiro atoms. The Morgan fingerprint density at radius 3 is 3.08 bits per heavy atom. The van der Waals surface area contributed by atoms with Crippen molar-refractivity contribution >= 4 is 11.7 Å². The minimum Gasteiger partial charge on any atom is -0.386 e. The summed E-state index contributed by atoms with van der Waals surface area (Å²) in [6, 6.07) is 1.91. The third-order valence-corrected chi connectivity index (χ3v) is 4.17. The number of rotatable bonds is 5. The Balaban J connectivity index is 1.57. The van der Waals surface area contributed by atoms with E-state index in [4.69, 9.17) is 0 Å². The van der Waals surface area contributed by atoms with E-state index in [1.807, 2.05) is 17.9 Å². The molecule has 1 saturated heterocycles. The molecule has 1 amide bonds. The van der Waals surface area contributed by atoms with Gasteiger partial charge in [0.2, 0.25) is 5.91 Å². The average molecular weight is 330 g/mol. The van der Waals surface area contributed by atoms with Gasteiger partial charge in [-0.05, 0) is 19.8 Å². The molecule has 2 aromatic rings. The van der Waals surface area contributed by atoms with E-state index in [-0.39, 0.29) is 19.0 Å². The number of nitrogens with one attached hydrogen (secondary N) is 1. The highest BCUT2D eigenvalue weighted by Crippen LogP contribution is 2.24. The molecule has 3 heterocycles. The summed E-state index contributed by atoms with van der Waals surface area (Å²) in [7, 11) is 0. The SMILES string of the molecule is Cc1cc(N2CCCC(O)(CNC(=O)Cn3ccnc3)C2)ncn1. The van der Waals surface area contributed by atoms with Crippen LogP contribution in [0.2, 0.25) is 0 Å². The Morgan fingerprint density at radius 1 is 1.46 bits per heavy atom. The van der Waals surface area contributed by atoms with Gasteiger partial charge in [0.05, 0.1) is 11.9 Å². The standard InChI is InChI=1S/C16H22N6O2/c1-13-7-14(20-11-19-13)22-5-2-3-16(24,10-22)9-18-15(23)8-21-6-4-17-12-21/h4,6-7,11-12,24H,2-3,5,8-10H2,1H3,(H,18,23). The van der Waals surface area contributed by atoms with Gasteiger partial charge in [0.25, 0.3) is 0 Å². The maximum absolute atomic E-state index is 12.0. The molecule has 128 valence electrons. The van der Waals surface area contributed by atoms with E-state index in [0.29, 0.717) is 13.0 Å². The molecule has 0 bridgehead atoms. The number of nitrogens with zero attached hydrogens (tertiary/aromatic N) is 5. The lowest BCUT2D eigenvalue weighted by Gasteiger charge is -2.39. The van der Waals surface area contributed by atoms with Gasteiger partial charge in [0, 0.05) is 43.8 Å². The van der Waals surface area contributed by atoms with Crippen LogP contribution in [0.1, 0.15) is 18.5 Å². The van der Waals surface area contributed by atoms with Crippen molar-refractivity contribution in [1.82, 2.24) is 24.8 Å². The summed E-state index contributed by atoms with van der Waals surface area (Å²) in [4.78, 5) is 26.3. The third-order valence-electron chi connectivity index (χ3n) is 4.17. The molecule has 1 fully saturated rings. The van der Waals surface area contributed by atoms with Gasteiger partial charge in [-0.15, -0.1) is 0 Å². The summed E-state index contributed by atoms with van der Waals surface area (Å²) in [6.45, 7) is 3.61. The van der Waals surface area contributed by atoms with Gasteiger partial charge in [-0.3, -0.25) is 4.79 Å². The highest BCUT2D eigenvalue weighted by molar-refractivity contribution is 5.75. The summed E-state index contributed by atoms with van der Waals surface area (Å²) in [5.41, 5.74) is -0.0652. The van der Waals surface area contributed by atoms with Crippen LogP contribution in [0.5, 0.6) is 0 Å². The zero-order valence-electron chi connectivity index (χ0n) is 13.7. The first kappa shape index (κ1) is 16.4. The van der Waals surface area contributed by atoms with Gasteiger partial charge < -0.3 is 19.9 Å². The number of carbonyl (C=O) groups excluding carboxylic acids is 1. The van der Waals surface area contributed by atoms with Crippen molar-refractivity contribution in [3.8, 4) is 0 Å². The first-order valence-electron chi connectivity index (χ1n) is 8.02. The average Bonchev–Trinajstić information content (AvgIpc) is 3.06. The fourth-order valence-corrected chi connectivity index (χ4v) is 2.93. The number of piperidine rings is 1. The van der Waals surface area contributed by atoms with Crippen molar-refractivity contribution in [2.75, 3.05) is 24.5 Å². The summed E-state index contributed by atoms with van der Waals surface area (Å²) in [5, 5.41) is 13.6. The topological polar surface area (TPSA) is 96.2 Å². The molecule has 0 radical (unpaired) electrons. The highest BCUT2D eigenvalue weighted by atomic mass is 16.3. The van der Waals surface area contributed by atoms with E-state index in [1.165, 1.54) is 6.33 Å². The molecule has 8 heteroatoms. The maximum atomic E-state index is 12.0. The number of anilines is 1. The van der Waals surface area contributed by atoms with E-state index in [1.54, 1.807) is 23.3 Å². The smallest absolute Gasteiger partial charge is 0.240 e. The van der Waals surface area contributed by atoms with Crippen LogP contribution in [0.25, 0.3) is 0 Å². The Bertz CT molecular complexity index is 690. The molecule has 0 saturated carbocycles. The van der Waals surface area contributed by atoms with Gasteiger partial charge in [-0.1, -0.05) is 0 Å². The zero-order valence-corrected chi connectivity index (χ0v) is 13.7. The summed E-state index contributed by atoms with van der Waals surface area (Å²) >= 11 is 0. The number of aliphatic hydroxyl groups is 1. The first-order valence-corrected chi connectivity index (χ1v) is 8.02. The summed E-state index contributed by atoms with van der Waals surface area (Å²) in [5.74, 6) is 0.668. The molecular weight excluding hydrogens is 308 g/mol. The second kappa shape index (κ2) is 6.96. The zero-order chi connectivity index (χ0) is 17.0. The van der Waals surface area contributed by atoms with E-state index in [2.05, 4.69) is 20.3 Å². The molecule has 0 aromatic carbocycles. The Kier molecular flexibility index (Phi) is 4.75. The van der Waals surface area contributed by atoms with Gasteiger partial charge >= 0.3 is 0 Å². The van der Waals surface area contributed by atoms with E-state index < -0.39 is 5.60 Å². The third kappa shape index (κ3) is 4.08. The number of hydrogen-bond donors (Lipinski definition) is 2. The van der Waals surface area contributed by atoms with Crippen molar-refractivity contribution in [3.05, 3.63) is 36.8 Å². The Hall–Kier alpha value is -2.48. The lowest BCUT2D eigenvalue weighted by molar-refractivity contribution is -0.123. The second-order valence-electron chi connectivity index (χ2n) is 6.28. The van der Waals surface area contributed by atoms with E-state index in [0.717, 1.165) is 24.5 Å². The first-order chi connectivity index (χ1) is 11.5. The molecule has 8 nitrogen and oxygen atoms in total. The van der Waals surface area contributed by atoms with Gasteiger partial charge in [0.1, 0.15) is 18.7 Å². The number of carbonyl (C=O) groups is 1. The lowest BCUT2D eigenvalue weighted by Crippen LogP contribution is -2.54. The van der Waals surface area contributed by atoms with Crippen LogP contribution < -0.4 is 10.2 Å². The normalized spacial score (nSPS) is 20.8. The van der Waals surface area contributed by atoms with E-state index in [9.17, 15) is 9.90 Å². The van der Waals surface area contributed by atoms with Crippen molar-refractivity contribution in [3.63, 3.8) is 0 Å². The van der Waals surface area contributed by atoms with Crippen LogP contribution in [0.4, 0.5) is 5.82 Å². The summed E-state index contributed by atoms with van der Waals surface area (Å²) < 4.78 is 1.69. The number of aromatic nitrogens is 4. The van der Waals surface area contributed by atoms with Crippen LogP contribution in [0.3, 0.4) is 0 Å². The lowest BCUT2D eigenvalue weighted by atomic mass is 9.92. The molecule has 1 unspecified atom stereocenters. The minimum atomic E-state index is -0.957. The van der Waals surface area contributed by atoms with Crippen LogP contribution in [-0.2, 0) is 11.3 Å². The Labute approximate surface area is 140 Å². The molecule has 2 aromatic heterocycles. The molecule has 3 rings (SSSR count). The maximum Gasteiger partial charge on any atom is 0.240 e. The molecule has 0 aliphatic carbocycles. The molecule has 2 N–H and O–H groups in total. The van der Waals surface area contributed by atoms with Crippen LogP contribution in [0.15, 0.2) is 31.1 Å². The molecular formula is C16H22N6O2. The van der Waals surface area contributed by atoms with Crippen LogP contribution in [0, 0.1) is 6.92 Å². The van der Waals surface area contributed by atoms with Crippen molar-refractivity contribution < 1.29 is 9.90 Å². The largest absolute Gasteiger partial charge is 0.386 e. The van der Waals surface area contributed by atoms with Crippen LogP contribution >= 0.6 is 0 Å². The van der Waals surface area contributed by atoms with Gasteiger partial charge in [-0.2, -0.15) is 0 Å². The summed E-state index contributed by atoms with van der Waals surface area (Å²) in [6.07, 6.45) is 7.98. The van der Waals surface area contributed by atoms with Crippen molar-refractivity contribution in [2.24, 2.45) is 0 Å². The predicted octanol–water partition coefficient (Wildman–Crippen LogP) is 0.129. The predicted molar refractivity (Wildman–Crippen MR) is 88.4 cm³/mol. The molecule has 24 heavy (non-hydrogen) atoms.